The number of carbonyl (C=O) groups is 1. The summed E-state index contributed by atoms with van der Waals surface area (Å²) in [5.74, 6) is -1.96. The van der Waals surface area contributed by atoms with Gasteiger partial charge in [-0.3, -0.25) is 4.79 Å². The van der Waals surface area contributed by atoms with Crippen molar-refractivity contribution in [3.8, 4) is 0 Å². The number of benzene rings is 1. The second kappa shape index (κ2) is 4.90. The number of aliphatic carboxylic acids is 1. The summed E-state index contributed by atoms with van der Waals surface area (Å²) < 4.78 is 41.0. The average Bonchev–Trinajstić information content (AvgIpc) is 2.39. The lowest BCUT2D eigenvalue weighted by Crippen LogP contribution is -2.50. The molecule has 0 atom stereocenters. The number of carboxylic acid groups (broad SMARTS) is 1. The lowest BCUT2D eigenvalue weighted by molar-refractivity contribution is -0.142. The van der Waals surface area contributed by atoms with Crippen LogP contribution in [0.5, 0.6) is 0 Å². The van der Waals surface area contributed by atoms with E-state index in [4.69, 9.17) is 4.74 Å². The van der Waals surface area contributed by atoms with Crippen molar-refractivity contribution in [2.24, 2.45) is 0 Å². The van der Waals surface area contributed by atoms with E-state index in [1.165, 1.54) is 0 Å². The van der Waals surface area contributed by atoms with Crippen LogP contribution in [-0.4, -0.2) is 37.5 Å². The maximum Gasteiger partial charge on any atom is 0.325 e. The largest absolute Gasteiger partial charge is 0.480 e. The molecule has 1 aliphatic heterocycles. The molecule has 0 bridgehead atoms. The van der Waals surface area contributed by atoms with Gasteiger partial charge in [0.1, 0.15) is 5.82 Å². The van der Waals surface area contributed by atoms with Gasteiger partial charge in [-0.25, -0.2) is 12.8 Å². The fraction of sp³-hybridized carbons (Fsp3) is 0.417. The number of rotatable bonds is 3. The quantitative estimate of drug-likeness (QED) is 0.846. The van der Waals surface area contributed by atoms with Gasteiger partial charge in [-0.1, -0.05) is 0 Å². The Morgan fingerprint density at radius 3 is 2.21 bits per heavy atom. The standard InChI is InChI=1S/C12H13FO5S/c13-9-1-3-10(4-2-9)19(16,17)12(11(14)15)5-7-18-8-6-12/h1-4H,5-8H2,(H,14,15). The highest BCUT2D eigenvalue weighted by atomic mass is 32.2. The molecule has 5 nitrogen and oxygen atoms in total. The molecule has 1 fully saturated rings. The van der Waals surface area contributed by atoms with E-state index < -0.39 is 26.4 Å². The molecule has 0 radical (unpaired) electrons. The summed E-state index contributed by atoms with van der Waals surface area (Å²) in [5.41, 5.74) is 0. The Kier molecular flexibility index (Phi) is 3.60. The molecule has 0 aromatic heterocycles. The van der Waals surface area contributed by atoms with Crippen molar-refractivity contribution in [2.75, 3.05) is 13.2 Å². The van der Waals surface area contributed by atoms with Gasteiger partial charge in [-0.05, 0) is 24.3 Å². The van der Waals surface area contributed by atoms with Crippen LogP contribution in [0.25, 0.3) is 0 Å². The van der Waals surface area contributed by atoms with Gasteiger partial charge in [0, 0.05) is 26.1 Å². The van der Waals surface area contributed by atoms with E-state index in [1.807, 2.05) is 0 Å². The number of hydrogen-bond acceptors (Lipinski definition) is 4. The summed E-state index contributed by atoms with van der Waals surface area (Å²) in [4.78, 5) is 11.3. The van der Waals surface area contributed by atoms with Gasteiger partial charge in [0.25, 0.3) is 0 Å². The molecule has 19 heavy (non-hydrogen) atoms. The van der Waals surface area contributed by atoms with Crippen LogP contribution in [0.2, 0.25) is 0 Å². The summed E-state index contributed by atoms with van der Waals surface area (Å²) in [6.45, 7) is 0.152. The van der Waals surface area contributed by atoms with Crippen molar-refractivity contribution in [3.05, 3.63) is 30.1 Å². The van der Waals surface area contributed by atoms with Crippen molar-refractivity contribution < 1.29 is 27.4 Å². The molecule has 1 aromatic rings. The molecule has 0 unspecified atom stereocenters. The third-order valence-corrected chi connectivity index (χ3v) is 5.83. The van der Waals surface area contributed by atoms with Crippen LogP contribution < -0.4 is 0 Å². The Balaban J connectivity index is 2.51. The minimum absolute atomic E-state index is 0.0761. The number of sulfone groups is 1. The topological polar surface area (TPSA) is 80.7 Å². The molecule has 2 rings (SSSR count). The molecular formula is C12H13FO5S. The first-order chi connectivity index (χ1) is 8.90. The first kappa shape index (κ1) is 14.0. The van der Waals surface area contributed by atoms with E-state index in [1.54, 1.807) is 0 Å². The normalized spacial score (nSPS) is 19.0. The van der Waals surface area contributed by atoms with Gasteiger partial charge in [0.15, 0.2) is 14.6 Å². The highest BCUT2D eigenvalue weighted by Crippen LogP contribution is 2.35. The van der Waals surface area contributed by atoms with Crippen LogP contribution in [0.3, 0.4) is 0 Å². The lowest BCUT2D eigenvalue weighted by atomic mass is 9.99. The smallest absolute Gasteiger partial charge is 0.325 e. The molecule has 0 saturated carbocycles. The van der Waals surface area contributed by atoms with Crippen molar-refractivity contribution in [2.45, 2.75) is 22.5 Å². The third kappa shape index (κ3) is 2.23. The Morgan fingerprint density at radius 2 is 1.74 bits per heavy atom. The van der Waals surface area contributed by atoms with E-state index in [9.17, 15) is 22.7 Å². The minimum Gasteiger partial charge on any atom is -0.480 e. The van der Waals surface area contributed by atoms with Crippen LogP contribution in [0.1, 0.15) is 12.8 Å². The predicted molar refractivity (Wildman–Crippen MR) is 64.0 cm³/mol. The molecule has 7 heteroatoms. The number of halogens is 1. The zero-order valence-corrected chi connectivity index (χ0v) is 10.8. The third-order valence-electron chi connectivity index (χ3n) is 3.33. The van der Waals surface area contributed by atoms with Crippen LogP contribution in [-0.2, 0) is 19.4 Å². The van der Waals surface area contributed by atoms with Gasteiger partial charge in [-0.2, -0.15) is 0 Å². The number of carboxylic acids is 1. The molecule has 104 valence electrons. The van der Waals surface area contributed by atoms with Crippen LogP contribution in [0, 0.1) is 5.82 Å². The molecule has 1 aromatic carbocycles. The van der Waals surface area contributed by atoms with E-state index in [-0.39, 0.29) is 31.0 Å². The van der Waals surface area contributed by atoms with Gasteiger partial charge >= 0.3 is 5.97 Å². The maximum absolute atomic E-state index is 12.8. The highest BCUT2D eigenvalue weighted by Gasteiger charge is 2.52. The Morgan fingerprint density at radius 1 is 1.21 bits per heavy atom. The average molecular weight is 288 g/mol. The lowest BCUT2D eigenvalue weighted by Gasteiger charge is -2.32. The summed E-state index contributed by atoms with van der Waals surface area (Å²) in [6, 6.07) is 4.18. The summed E-state index contributed by atoms with van der Waals surface area (Å²) in [6.07, 6.45) is -0.218. The van der Waals surface area contributed by atoms with Crippen LogP contribution in [0.15, 0.2) is 29.2 Å². The molecule has 0 aliphatic carbocycles. The SMILES string of the molecule is O=C(O)C1(S(=O)(=O)c2ccc(F)cc2)CCOCC1. The second-order valence-corrected chi connectivity index (χ2v) is 6.63. The predicted octanol–water partition coefficient (Wildman–Crippen LogP) is 1.23. The highest BCUT2D eigenvalue weighted by molar-refractivity contribution is 7.93. The molecule has 1 heterocycles. The first-order valence-corrected chi connectivity index (χ1v) is 7.20. The molecule has 0 amide bonds. The van der Waals surface area contributed by atoms with Crippen molar-refractivity contribution in [1.29, 1.82) is 0 Å². The molecule has 1 aliphatic rings. The minimum atomic E-state index is -4.09. The van der Waals surface area contributed by atoms with Gasteiger partial charge < -0.3 is 9.84 Å². The molecule has 1 N–H and O–H groups in total. The van der Waals surface area contributed by atoms with Crippen molar-refractivity contribution >= 4 is 15.8 Å². The van der Waals surface area contributed by atoms with Crippen molar-refractivity contribution in [1.82, 2.24) is 0 Å². The van der Waals surface area contributed by atoms with E-state index >= 15 is 0 Å². The number of hydrogen-bond donors (Lipinski definition) is 1. The molecule has 1 saturated heterocycles. The molecule has 0 spiro atoms. The Hall–Kier alpha value is -1.47. The first-order valence-electron chi connectivity index (χ1n) is 5.71. The zero-order valence-electron chi connectivity index (χ0n) is 10.0. The van der Waals surface area contributed by atoms with E-state index in [0.717, 1.165) is 24.3 Å². The van der Waals surface area contributed by atoms with E-state index in [0.29, 0.717) is 0 Å². The maximum atomic E-state index is 12.8. The summed E-state index contributed by atoms with van der Waals surface area (Å²) in [5, 5.41) is 9.33. The van der Waals surface area contributed by atoms with Crippen molar-refractivity contribution in [3.63, 3.8) is 0 Å². The Labute approximate surface area is 109 Å². The fourth-order valence-electron chi connectivity index (χ4n) is 2.14. The fourth-order valence-corrected chi connectivity index (χ4v) is 4.02. The summed E-state index contributed by atoms with van der Waals surface area (Å²) in [7, 11) is -4.09. The van der Waals surface area contributed by atoms with Gasteiger partial charge in [0.2, 0.25) is 0 Å². The van der Waals surface area contributed by atoms with Crippen LogP contribution in [0.4, 0.5) is 4.39 Å². The number of ether oxygens (including phenoxy) is 1. The van der Waals surface area contributed by atoms with Crippen LogP contribution >= 0.6 is 0 Å². The van der Waals surface area contributed by atoms with Gasteiger partial charge in [0.05, 0.1) is 4.90 Å². The van der Waals surface area contributed by atoms with E-state index in [2.05, 4.69) is 0 Å². The monoisotopic (exact) mass is 288 g/mol. The zero-order chi connectivity index (χ0) is 14.1. The second-order valence-electron chi connectivity index (χ2n) is 4.37. The Bertz CT molecular complexity index is 573. The van der Waals surface area contributed by atoms with Gasteiger partial charge in [-0.15, -0.1) is 0 Å². The summed E-state index contributed by atoms with van der Waals surface area (Å²) >= 11 is 0. The molecular weight excluding hydrogens is 275 g/mol.